The van der Waals surface area contributed by atoms with Crippen molar-refractivity contribution < 1.29 is 46.7 Å². The third-order valence-electron chi connectivity index (χ3n) is 20.8. The summed E-state index contributed by atoms with van der Waals surface area (Å²) in [6.07, 6.45) is 13.0. The summed E-state index contributed by atoms with van der Waals surface area (Å²) in [5.74, 6) is -2.02. The second kappa shape index (κ2) is 29.7. The van der Waals surface area contributed by atoms with Gasteiger partial charge in [0.2, 0.25) is 17.7 Å². The van der Waals surface area contributed by atoms with Crippen LogP contribution >= 0.6 is 11.8 Å². The second-order valence-electron chi connectivity index (χ2n) is 28.1. The van der Waals surface area contributed by atoms with E-state index < -0.39 is 45.6 Å². The van der Waals surface area contributed by atoms with E-state index in [-0.39, 0.29) is 53.0 Å². The monoisotopic (exact) mass is 1350 g/mol. The number of amides is 6. The molecule has 8 aliphatic rings. The van der Waals surface area contributed by atoms with Crippen LogP contribution in [0.2, 0.25) is 0 Å². The summed E-state index contributed by atoms with van der Waals surface area (Å²) in [5, 5.41) is 17.5. The number of anilines is 3. The Balaban J connectivity index is 0.539. The Kier molecular flexibility index (Phi) is 21.2. The molecule has 5 aromatic rings. The average Bonchev–Trinajstić information content (AvgIpc) is 0.788. The van der Waals surface area contributed by atoms with E-state index in [2.05, 4.69) is 78.6 Å². The number of rotatable bonds is 30. The number of allylic oxidation sites excluding steroid dienone is 1. The highest BCUT2D eigenvalue weighted by Crippen LogP contribution is 2.79. The van der Waals surface area contributed by atoms with Gasteiger partial charge in [0.1, 0.15) is 11.7 Å². The molecule has 2 atom stereocenters. The Morgan fingerprint density at radius 3 is 2.30 bits per heavy atom. The molecule has 3 saturated carbocycles. The van der Waals surface area contributed by atoms with Crippen LogP contribution in [0.3, 0.4) is 0 Å². The molecule has 6 amide bonds. The van der Waals surface area contributed by atoms with Crippen LogP contribution in [-0.4, -0.2) is 188 Å². The molecular formula is C72H92N12O10S2. The molecule has 5 heterocycles. The van der Waals surface area contributed by atoms with Gasteiger partial charge < -0.3 is 29.9 Å². The molecule has 0 spiro atoms. The molecular weight excluding hydrogens is 1260 g/mol. The second-order valence-corrected chi connectivity index (χ2v) is 30.9. The van der Waals surface area contributed by atoms with Crippen LogP contribution in [0.15, 0.2) is 118 Å². The molecule has 1 aromatic heterocycles. The molecule has 2 bridgehead atoms. The third-order valence-corrected chi connectivity index (χ3v) is 23.3. The molecule has 4 aromatic carbocycles. The zero-order chi connectivity index (χ0) is 67.2. The first-order chi connectivity index (χ1) is 46.2. The van der Waals surface area contributed by atoms with Gasteiger partial charge in [-0.3, -0.25) is 53.5 Å². The number of benzene rings is 4. The first-order valence-electron chi connectivity index (χ1n) is 34.3. The molecule has 512 valence electrons. The van der Waals surface area contributed by atoms with Crippen molar-refractivity contribution in [3.63, 3.8) is 0 Å². The van der Waals surface area contributed by atoms with Crippen LogP contribution in [0.1, 0.15) is 140 Å². The van der Waals surface area contributed by atoms with E-state index in [9.17, 15) is 37.2 Å². The van der Waals surface area contributed by atoms with Crippen molar-refractivity contribution in [3.05, 3.63) is 136 Å². The predicted molar refractivity (Wildman–Crippen MR) is 368 cm³/mol. The van der Waals surface area contributed by atoms with Crippen molar-refractivity contribution in [2.45, 2.75) is 140 Å². The van der Waals surface area contributed by atoms with Crippen LogP contribution in [-0.2, 0) is 47.0 Å². The van der Waals surface area contributed by atoms with Crippen LogP contribution < -0.4 is 25.6 Å². The maximum Gasteiger partial charge on any atom is 0.264 e. The standard InChI is InChI=1S/C72H92N12O10S2/c1-5-71-47-72(48-71,49-71)59-42-70(3,4)26-24-52(59)43-80-32-34-81(35-33-80)55-18-16-51(17-19-55)66(87)77-96(91,92)57-20-21-60(50(2)41-57)74-53(46-95-56-11-7-6-8-12-56)25-29-79-30-36-82(37-31-79)64(86)15-10-28-83-44-54(76-78-83)45-94-40-39-93-38-27-73-61-14-9-13-58-65(61)69(90)84(68(58)89)62-22-23-63(85)75-67(62)88/h6-9,11-14,16-21,41,44,53,62,73-74H,5,10,15,22-40,42-43,45-49H2,1-4H3,(H,77,87)(H,75,85,88)/t53-,62?,71?,72?/m1/s1. The maximum absolute atomic E-state index is 13.8. The Bertz CT molecular complexity index is 3810. The van der Waals surface area contributed by atoms with Crippen LogP contribution in [0.4, 0.5) is 17.1 Å². The number of piperidine rings is 1. The highest BCUT2D eigenvalue weighted by Gasteiger charge is 2.68. The minimum Gasteiger partial charge on any atom is -0.382 e. The van der Waals surface area contributed by atoms with Crippen molar-refractivity contribution in [2.75, 3.05) is 113 Å². The Morgan fingerprint density at radius 2 is 1.56 bits per heavy atom. The van der Waals surface area contributed by atoms with Crippen molar-refractivity contribution in [1.82, 2.24) is 44.6 Å². The van der Waals surface area contributed by atoms with Gasteiger partial charge in [-0.15, -0.1) is 16.9 Å². The molecule has 6 fully saturated rings. The Morgan fingerprint density at radius 1 is 0.812 bits per heavy atom. The highest BCUT2D eigenvalue weighted by atomic mass is 32.2. The number of nitrogens with zero attached hydrogens (tertiary/aromatic N) is 8. The van der Waals surface area contributed by atoms with E-state index in [1.165, 1.54) is 44.9 Å². The van der Waals surface area contributed by atoms with Crippen molar-refractivity contribution >= 4 is 74.3 Å². The van der Waals surface area contributed by atoms with Crippen LogP contribution in [0.5, 0.6) is 0 Å². The van der Waals surface area contributed by atoms with Gasteiger partial charge in [0, 0.05) is 131 Å². The lowest BCUT2D eigenvalue weighted by Crippen LogP contribution is -2.63. The lowest BCUT2D eigenvalue weighted by atomic mass is 9.31. The van der Waals surface area contributed by atoms with Crippen molar-refractivity contribution in [2.24, 2.45) is 16.2 Å². The van der Waals surface area contributed by atoms with Gasteiger partial charge in [-0.2, -0.15) is 0 Å². The number of piperazine rings is 2. The first-order valence-corrected chi connectivity index (χ1v) is 36.8. The molecule has 96 heavy (non-hydrogen) atoms. The molecule has 1 unspecified atom stereocenters. The van der Waals surface area contributed by atoms with Gasteiger partial charge in [-0.25, -0.2) is 13.1 Å². The lowest BCUT2D eigenvalue weighted by Gasteiger charge is -2.73. The van der Waals surface area contributed by atoms with Crippen molar-refractivity contribution in [1.29, 1.82) is 0 Å². The van der Waals surface area contributed by atoms with E-state index in [1.54, 1.807) is 70.5 Å². The largest absolute Gasteiger partial charge is 0.382 e. The summed E-state index contributed by atoms with van der Waals surface area (Å²) in [5.41, 5.74) is 9.43. The van der Waals surface area contributed by atoms with Gasteiger partial charge in [0.05, 0.1) is 48.6 Å². The first kappa shape index (κ1) is 68.5. The predicted octanol–water partition coefficient (Wildman–Crippen LogP) is 8.55. The van der Waals surface area contributed by atoms with E-state index in [0.29, 0.717) is 86.5 Å². The smallest absolute Gasteiger partial charge is 0.264 e. The summed E-state index contributed by atoms with van der Waals surface area (Å²) in [6, 6.07) is 26.4. The van der Waals surface area contributed by atoms with Gasteiger partial charge >= 0.3 is 0 Å². The van der Waals surface area contributed by atoms with E-state index in [4.69, 9.17) is 9.47 Å². The van der Waals surface area contributed by atoms with Crippen LogP contribution in [0, 0.1) is 23.2 Å². The number of carbonyl (C=O) groups is 6. The summed E-state index contributed by atoms with van der Waals surface area (Å²) in [6.45, 7) is 19.6. The molecule has 22 nitrogen and oxygen atoms in total. The van der Waals surface area contributed by atoms with E-state index in [1.807, 2.05) is 53.9 Å². The van der Waals surface area contributed by atoms with E-state index >= 15 is 0 Å². The molecule has 4 N–H and O–H groups in total. The fraction of sp³-hybridized carbons (Fsp3) is 0.528. The molecule has 4 aliphatic carbocycles. The Labute approximate surface area is 568 Å². The fourth-order valence-electron chi connectivity index (χ4n) is 15.3. The van der Waals surface area contributed by atoms with Gasteiger partial charge in [0.25, 0.3) is 27.7 Å². The summed E-state index contributed by atoms with van der Waals surface area (Å²) >= 11 is 1.76. The minimum atomic E-state index is -4.18. The minimum absolute atomic E-state index is 0.0177. The Hall–Kier alpha value is -7.48. The summed E-state index contributed by atoms with van der Waals surface area (Å²) in [7, 11) is -4.18. The van der Waals surface area contributed by atoms with Gasteiger partial charge in [-0.05, 0) is 153 Å². The number of hydrogen-bond donors (Lipinski definition) is 4. The topological polar surface area (TPSA) is 250 Å². The number of ether oxygens (including phenoxy) is 2. The number of aryl methyl sites for hydroxylation is 2. The van der Waals surface area contributed by atoms with E-state index in [0.717, 1.165) is 91.3 Å². The normalized spacial score (nSPS) is 22.3. The molecule has 3 saturated heterocycles. The number of imide groups is 2. The number of thioether (sulfide) groups is 1. The maximum atomic E-state index is 13.8. The number of aromatic nitrogens is 3. The van der Waals surface area contributed by atoms with Crippen LogP contribution in [0.25, 0.3) is 0 Å². The summed E-state index contributed by atoms with van der Waals surface area (Å²) in [4.78, 5) is 89.0. The zero-order valence-electron chi connectivity index (χ0n) is 55.9. The SMILES string of the molecule is CCC12CC(C3=C(CN4CCN(c5ccc(C(=O)NS(=O)(=O)c6ccc(N[C@H](CCN7CCN(C(=O)CCCn8cc(COCCOCCNc9cccc%10c9C(=O)N(C9CCC(=O)NC9=O)C%10=O)nn8)CC7)CSc7ccccc7)c(C)c6)cc5)CC4)CCC(C)(C)C3)(C1)C2. The summed E-state index contributed by atoms with van der Waals surface area (Å²) < 4.78 is 43.1. The lowest BCUT2D eigenvalue weighted by molar-refractivity contribution is -0.182. The quantitative estimate of drug-likeness (QED) is 0.0145. The fourth-order valence-corrected chi connectivity index (χ4v) is 17.3. The molecule has 0 radical (unpaired) electrons. The zero-order valence-corrected chi connectivity index (χ0v) is 57.5. The molecule has 24 heteroatoms. The third kappa shape index (κ3) is 15.9. The number of fused-ring (bicyclic) bond motifs is 1. The average molecular weight is 1350 g/mol. The van der Waals surface area contributed by atoms with Gasteiger partial charge in [-0.1, -0.05) is 67.8 Å². The molecule has 4 aliphatic heterocycles. The molecule has 13 rings (SSSR count). The number of nitrogens with one attached hydrogen (secondary N) is 4. The highest BCUT2D eigenvalue weighted by molar-refractivity contribution is 7.99. The van der Waals surface area contributed by atoms with Gasteiger partial charge in [0.15, 0.2) is 0 Å². The van der Waals surface area contributed by atoms with Crippen molar-refractivity contribution in [3.8, 4) is 0 Å². The number of sulfonamides is 1. The number of hydrogen-bond acceptors (Lipinski definition) is 18. The number of carbonyl (C=O) groups excluding carboxylic acids is 6.